The van der Waals surface area contributed by atoms with Gasteiger partial charge in [-0.15, -0.1) is 0 Å². The van der Waals surface area contributed by atoms with E-state index in [1.807, 2.05) is 6.07 Å². The Morgan fingerprint density at radius 2 is 1.66 bits per heavy atom. The molecule has 6 rings (SSSR count). The molecular weight excluding hydrogens is 626 g/mol. The first-order chi connectivity index (χ1) is 23.3. The molecule has 1 aromatic rings. The molecule has 0 bridgehead atoms. The highest BCUT2D eigenvalue weighted by Gasteiger charge is 2.70. The fraction of sp³-hybridized carbons (Fsp3) is 0.786. The molecule has 8 heteroatoms. The number of fused-ring (bicyclic) bond motifs is 7. The van der Waals surface area contributed by atoms with Gasteiger partial charge in [0.15, 0.2) is 5.78 Å². The highest BCUT2D eigenvalue weighted by molar-refractivity contribution is 6.00. The Labute approximate surface area is 300 Å². The average Bonchev–Trinajstić information content (AvgIpc) is 3.33. The number of carboxylic acid groups (broad SMARTS) is 1. The maximum Gasteiger partial charge on any atom is 0.309 e. The molecule has 0 spiro atoms. The number of nitrogens with one attached hydrogen (secondary N) is 1. The standard InChI is InChI=1S/C42H63N3O5/c1-26(2)34-28(46)23-42(19-22-43-25-32-44-20-10-21-45-32)18-17-40(8)27(35(34)42)11-12-30-39(7)15-14-31(50-33(47)24-37(3,4)36(48)49)38(5,6)29(39)13-16-41(30,40)9/h10,20-21,26-27,29-31,43H,11-19,22-25H2,1-9H3,(H,48,49)/t27-,29+,30-,31+,39+,40-,41-,42-/m1/s1. The predicted octanol–water partition coefficient (Wildman–Crippen LogP) is 8.35. The summed E-state index contributed by atoms with van der Waals surface area (Å²) in [4.78, 5) is 47.5. The third-order valence-corrected chi connectivity index (χ3v) is 15.6. The van der Waals surface area contributed by atoms with Crippen molar-refractivity contribution in [3.63, 3.8) is 0 Å². The van der Waals surface area contributed by atoms with Gasteiger partial charge in [-0.25, -0.2) is 9.97 Å². The summed E-state index contributed by atoms with van der Waals surface area (Å²) >= 11 is 0. The zero-order chi connectivity index (χ0) is 36.5. The molecule has 1 aromatic heterocycles. The summed E-state index contributed by atoms with van der Waals surface area (Å²) in [5.74, 6) is 1.42. The molecule has 8 atom stereocenters. The van der Waals surface area contributed by atoms with Gasteiger partial charge >= 0.3 is 11.9 Å². The lowest BCUT2D eigenvalue weighted by Gasteiger charge is -2.72. The summed E-state index contributed by atoms with van der Waals surface area (Å²) in [6.45, 7) is 21.5. The SMILES string of the molecule is CC(C)C1=C2[C@H]3CC[C@@H]4[C@@]5(C)CC[C@H](OC(=O)CC(C)(C)C(=O)O)C(C)(C)[C@@H]5CC[C@@]4(C)[C@]3(C)CC[C@@]2(CCNCc2ncccn2)CC1=O. The van der Waals surface area contributed by atoms with Crippen LogP contribution in [0.5, 0.6) is 0 Å². The fourth-order valence-corrected chi connectivity index (χ4v) is 12.8. The number of hydrogen-bond donors (Lipinski definition) is 2. The molecule has 0 unspecified atom stereocenters. The van der Waals surface area contributed by atoms with Crippen molar-refractivity contribution in [1.29, 1.82) is 0 Å². The normalized spacial score (nSPS) is 37.8. The van der Waals surface area contributed by atoms with Crippen LogP contribution in [-0.4, -0.2) is 45.4 Å². The largest absolute Gasteiger partial charge is 0.481 e. The number of carboxylic acids is 1. The van der Waals surface area contributed by atoms with Gasteiger partial charge < -0.3 is 15.2 Å². The van der Waals surface area contributed by atoms with Gasteiger partial charge in [0.1, 0.15) is 11.9 Å². The smallest absolute Gasteiger partial charge is 0.309 e. The van der Waals surface area contributed by atoms with Gasteiger partial charge in [-0.1, -0.05) is 54.0 Å². The number of esters is 1. The highest BCUT2D eigenvalue weighted by atomic mass is 16.5. The second kappa shape index (κ2) is 12.8. The second-order valence-electron chi connectivity index (χ2n) is 19.3. The highest BCUT2D eigenvalue weighted by Crippen LogP contribution is 2.77. The van der Waals surface area contributed by atoms with Gasteiger partial charge in [0, 0.05) is 29.6 Å². The monoisotopic (exact) mass is 689 g/mol. The van der Waals surface area contributed by atoms with Crippen LogP contribution in [0.25, 0.3) is 0 Å². The summed E-state index contributed by atoms with van der Waals surface area (Å²) in [5.41, 5.74) is 1.61. The van der Waals surface area contributed by atoms with Crippen molar-refractivity contribution in [1.82, 2.24) is 15.3 Å². The minimum absolute atomic E-state index is 0.0607. The Bertz CT molecular complexity index is 1530. The first-order valence-corrected chi connectivity index (χ1v) is 19.5. The number of ketones is 1. The number of carbonyl (C=O) groups excluding carboxylic acids is 2. The van der Waals surface area contributed by atoms with Crippen LogP contribution in [-0.2, 0) is 25.7 Å². The molecule has 0 amide bonds. The first kappa shape index (κ1) is 37.2. The van der Waals surface area contributed by atoms with Crippen molar-refractivity contribution in [2.24, 2.45) is 56.2 Å². The van der Waals surface area contributed by atoms with E-state index in [0.717, 1.165) is 69.3 Å². The summed E-state index contributed by atoms with van der Waals surface area (Å²) in [6, 6.07) is 1.84. The number of hydrogen-bond acceptors (Lipinski definition) is 7. The fourth-order valence-electron chi connectivity index (χ4n) is 12.8. The third-order valence-electron chi connectivity index (χ3n) is 15.6. The molecular formula is C42H63N3O5. The predicted molar refractivity (Wildman–Crippen MR) is 194 cm³/mol. The summed E-state index contributed by atoms with van der Waals surface area (Å²) in [6.07, 6.45) is 13.5. The molecule has 0 radical (unpaired) electrons. The lowest BCUT2D eigenvalue weighted by atomic mass is 9.33. The number of Topliss-reactive ketones (excluding diaryl/α,β-unsaturated/α-hetero) is 1. The van der Waals surface area contributed by atoms with Crippen molar-refractivity contribution >= 4 is 17.7 Å². The summed E-state index contributed by atoms with van der Waals surface area (Å²) < 4.78 is 6.17. The van der Waals surface area contributed by atoms with Crippen LogP contribution in [0.2, 0.25) is 0 Å². The zero-order valence-corrected chi connectivity index (χ0v) is 32.3. The molecule has 5 aliphatic rings. The van der Waals surface area contributed by atoms with E-state index in [1.165, 1.54) is 12.0 Å². The van der Waals surface area contributed by atoms with Crippen molar-refractivity contribution in [3.05, 3.63) is 35.4 Å². The number of allylic oxidation sites excluding steroid dienone is 2. The molecule has 4 fully saturated rings. The Morgan fingerprint density at radius 3 is 2.32 bits per heavy atom. The maximum atomic E-state index is 13.9. The molecule has 1 heterocycles. The zero-order valence-electron chi connectivity index (χ0n) is 32.3. The van der Waals surface area contributed by atoms with Gasteiger partial charge in [-0.05, 0) is 130 Å². The van der Waals surface area contributed by atoms with E-state index in [0.29, 0.717) is 36.5 Å². The van der Waals surface area contributed by atoms with E-state index in [1.54, 1.807) is 26.2 Å². The van der Waals surface area contributed by atoms with Gasteiger partial charge in [0.25, 0.3) is 0 Å². The lowest BCUT2D eigenvalue weighted by Crippen LogP contribution is -2.65. The third kappa shape index (κ3) is 5.78. The lowest BCUT2D eigenvalue weighted by molar-refractivity contribution is -0.233. The van der Waals surface area contributed by atoms with Crippen LogP contribution in [0.4, 0.5) is 0 Å². The summed E-state index contributed by atoms with van der Waals surface area (Å²) in [5, 5.41) is 13.2. The average molecular weight is 690 g/mol. The van der Waals surface area contributed by atoms with E-state index >= 15 is 0 Å². The Hall–Kier alpha value is -2.61. The Morgan fingerprint density at radius 1 is 0.960 bits per heavy atom. The topological polar surface area (TPSA) is 118 Å². The number of aliphatic carboxylic acids is 1. The van der Waals surface area contributed by atoms with E-state index in [2.05, 4.69) is 63.8 Å². The van der Waals surface area contributed by atoms with Gasteiger partial charge in [0.2, 0.25) is 0 Å². The van der Waals surface area contributed by atoms with Gasteiger partial charge in [-0.2, -0.15) is 0 Å². The summed E-state index contributed by atoms with van der Waals surface area (Å²) in [7, 11) is 0. The molecule has 8 nitrogen and oxygen atoms in total. The van der Waals surface area contributed by atoms with Crippen LogP contribution in [0.3, 0.4) is 0 Å². The van der Waals surface area contributed by atoms with Crippen molar-refractivity contribution < 1.29 is 24.2 Å². The number of rotatable bonds is 10. The Balaban J connectivity index is 1.24. The Kier molecular flexibility index (Phi) is 9.52. The molecule has 0 aliphatic heterocycles. The van der Waals surface area contributed by atoms with E-state index < -0.39 is 17.4 Å². The molecule has 4 saturated carbocycles. The molecule has 5 aliphatic carbocycles. The van der Waals surface area contributed by atoms with Crippen molar-refractivity contribution in [3.8, 4) is 0 Å². The van der Waals surface area contributed by atoms with E-state index in [-0.39, 0.29) is 45.5 Å². The quantitative estimate of drug-likeness (QED) is 0.186. The van der Waals surface area contributed by atoms with Crippen LogP contribution in [0.1, 0.15) is 139 Å². The van der Waals surface area contributed by atoms with Gasteiger partial charge in [-0.3, -0.25) is 14.4 Å². The second-order valence-corrected chi connectivity index (χ2v) is 19.3. The van der Waals surface area contributed by atoms with Crippen LogP contribution in [0, 0.1) is 56.2 Å². The van der Waals surface area contributed by atoms with Gasteiger partial charge in [0.05, 0.1) is 18.4 Å². The number of aromatic nitrogens is 2. The first-order valence-electron chi connectivity index (χ1n) is 19.5. The van der Waals surface area contributed by atoms with Crippen molar-refractivity contribution in [2.75, 3.05) is 6.54 Å². The number of carbonyl (C=O) groups is 3. The number of nitrogens with zero attached hydrogens (tertiary/aromatic N) is 2. The minimum atomic E-state index is -1.15. The van der Waals surface area contributed by atoms with E-state index in [9.17, 15) is 19.5 Å². The molecule has 0 saturated heterocycles. The van der Waals surface area contributed by atoms with Crippen molar-refractivity contribution in [2.45, 2.75) is 146 Å². The molecule has 2 N–H and O–H groups in total. The van der Waals surface area contributed by atoms with E-state index in [4.69, 9.17) is 4.74 Å². The van der Waals surface area contributed by atoms with Crippen LogP contribution in [0.15, 0.2) is 29.6 Å². The number of ether oxygens (including phenoxy) is 1. The molecule has 50 heavy (non-hydrogen) atoms. The minimum Gasteiger partial charge on any atom is -0.481 e. The molecule has 0 aromatic carbocycles. The van der Waals surface area contributed by atoms with Crippen LogP contribution >= 0.6 is 0 Å². The van der Waals surface area contributed by atoms with Crippen LogP contribution < -0.4 is 5.32 Å². The molecule has 276 valence electrons. The maximum absolute atomic E-state index is 13.9.